The van der Waals surface area contributed by atoms with Gasteiger partial charge in [0.15, 0.2) is 11.5 Å². The lowest BCUT2D eigenvalue weighted by molar-refractivity contribution is -0.172. The minimum absolute atomic E-state index is 0.00544. The first kappa shape index (κ1) is 29.5. The van der Waals surface area contributed by atoms with Gasteiger partial charge in [-0.25, -0.2) is 0 Å². The number of aliphatic hydroxyl groups is 1. The van der Waals surface area contributed by atoms with E-state index in [1.165, 1.54) is 0 Å². The quantitative estimate of drug-likeness (QED) is 0.341. The molecule has 2 aromatic carbocycles. The van der Waals surface area contributed by atoms with Crippen LogP contribution in [0.25, 0.3) is 0 Å². The maximum Gasteiger partial charge on any atom is 0.242 e. The summed E-state index contributed by atoms with van der Waals surface area (Å²) in [5.74, 6) is 0.803. The number of amides is 2. The number of likely N-dealkylation sites (N-methyl/N-ethyl adjacent to an activating group) is 1. The van der Waals surface area contributed by atoms with Crippen LogP contribution in [0, 0.1) is 20.8 Å². The number of piperazine rings is 1. The van der Waals surface area contributed by atoms with Crippen LogP contribution in [0.15, 0.2) is 6.07 Å². The summed E-state index contributed by atoms with van der Waals surface area (Å²) in [6.07, 6.45) is 1.03. The highest BCUT2D eigenvalue weighted by Gasteiger charge is 2.56. The van der Waals surface area contributed by atoms with E-state index in [1.807, 2.05) is 32.7 Å². The van der Waals surface area contributed by atoms with Gasteiger partial charge in [0.05, 0.1) is 18.1 Å². The number of aryl methyl sites for hydroxylation is 1. The number of carbonyl (C=O) groups is 2. The lowest BCUT2D eigenvalue weighted by atomic mass is 9.73. The van der Waals surface area contributed by atoms with Crippen LogP contribution in [0.5, 0.6) is 23.0 Å². The fourth-order valence-electron chi connectivity index (χ4n) is 7.67. The van der Waals surface area contributed by atoms with Gasteiger partial charge in [0, 0.05) is 41.3 Å². The van der Waals surface area contributed by atoms with E-state index in [-0.39, 0.29) is 54.8 Å². The molecule has 0 saturated carbocycles. The summed E-state index contributed by atoms with van der Waals surface area (Å²) in [6.45, 7) is 9.34. The molecule has 6 atom stereocenters. The minimum Gasteiger partial charge on any atom is -0.507 e. The Kier molecular flexibility index (Phi) is 7.46. The van der Waals surface area contributed by atoms with E-state index >= 15 is 0 Å². The van der Waals surface area contributed by atoms with Crippen LogP contribution in [-0.2, 0) is 22.4 Å². The second-order valence-electron chi connectivity index (χ2n) is 12.5. The van der Waals surface area contributed by atoms with Gasteiger partial charge in [0.25, 0.3) is 0 Å². The van der Waals surface area contributed by atoms with Crippen molar-refractivity contribution in [2.75, 3.05) is 20.4 Å². The van der Waals surface area contributed by atoms with Gasteiger partial charge in [-0.15, -0.1) is 0 Å². The van der Waals surface area contributed by atoms with Gasteiger partial charge in [-0.3, -0.25) is 19.4 Å². The highest BCUT2D eigenvalue weighted by Crippen LogP contribution is 2.57. The summed E-state index contributed by atoms with van der Waals surface area (Å²) in [4.78, 5) is 29.5. The SMILES string of the molecule is CCCC(=O)N[C@@H](C)C(=O)NC[C@H]1c2c(c(O)c(C)c3c2OCO3)CC2[C@H]3c4c(cc(C)c(C)c4O)C[C@@H]([C@H](O)N21)N3C. The molecular formula is C32H42N4O7. The van der Waals surface area contributed by atoms with Gasteiger partial charge in [-0.05, 0) is 70.7 Å². The molecule has 43 heavy (non-hydrogen) atoms. The van der Waals surface area contributed by atoms with Crippen molar-refractivity contribution in [1.29, 1.82) is 0 Å². The molecule has 232 valence electrons. The zero-order valence-electron chi connectivity index (χ0n) is 25.7. The Hall–Kier alpha value is -3.54. The van der Waals surface area contributed by atoms with Gasteiger partial charge in [0.1, 0.15) is 23.8 Å². The number of hydrogen-bond acceptors (Lipinski definition) is 9. The number of nitrogens with zero attached hydrogens (tertiary/aromatic N) is 2. The molecule has 1 fully saturated rings. The number of aliphatic hydroxyl groups excluding tert-OH is 1. The van der Waals surface area contributed by atoms with E-state index in [1.54, 1.807) is 13.8 Å². The number of fused-ring (bicyclic) bond motifs is 9. The number of hydrogen-bond donors (Lipinski definition) is 5. The third-order valence-electron chi connectivity index (χ3n) is 10.0. The van der Waals surface area contributed by atoms with Crippen LogP contribution in [0.3, 0.4) is 0 Å². The highest BCUT2D eigenvalue weighted by molar-refractivity contribution is 5.87. The number of phenolic OH excluding ortho intramolecular Hbond substituents is 2. The molecule has 1 unspecified atom stereocenters. The van der Waals surface area contributed by atoms with Gasteiger partial charge in [-0.1, -0.05) is 13.0 Å². The fraction of sp³-hybridized carbons (Fsp3) is 0.562. The monoisotopic (exact) mass is 594 g/mol. The van der Waals surface area contributed by atoms with Crippen molar-refractivity contribution >= 4 is 11.8 Å². The predicted octanol–water partition coefficient (Wildman–Crippen LogP) is 2.37. The lowest BCUT2D eigenvalue weighted by Crippen LogP contribution is -2.69. The van der Waals surface area contributed by atoms with Crippen molar-refractivity contribution in [2.24, 2.45) is 0 Å². The maximum absolute atomic E-state index is 13.2. The summed E-state index contributed by atoms with van der Waals surface area (Å²) in [5, 5.41) is 40.7. The Balaban J connectivity index is 1.45. The molecule has 6 rings (SSSR count). The van der Waals surface area contributed by atoms with Crippen LogP contribution >= 0.6 is 0 Å². The average Bonchev–Trinajstić information content (AvgIpc) is 3.46. The van der Waals surface area contributed by atoms with Crippen LogP contribution in [0.4, 0.5) is 0 Å². The summed E-state index contributed by atoms with van der Waals surface area (Å²) < 4.78 is 11.7. The highest BCUT2D eigenvalue weighted by atomic mass is 16.7. The first-order valence-electron chi connectivity index (χ1n) is 15.2. The van der Waals surface area contributed by atoms with Crippen LogP contribution in [-0.4, -0.2) is 81.7 Å². The first-order chi connectivity index (χ1) is 20.5. The van der Waals surface area contributed by atoms with E-state index in [0.717, 1.165) is 22.3 Å². The molecule has 2 amide bonds. The number of nitrogens with one attached hydrogen (secondary N) is 2. The zero-order chi connectivity index (χ0) is 30.9. The average molecular weight is 595 g/mol. The lowest BCUT2D eigenvalue weighted by Gasteiger charge is -2.60. The van der Waals surface area contributed by atoms with Gasteiger partial charge in [0.2, 0.25) is 18.6 Å². The molecule has 0 radical (unpaired) electrons. The molecule has 4 heterocycles. The third kappa shape index (κ3) is 4.51. The van der Waals surface area contributed by atoms with E-state index in [4.69, 9.17) is 9.47 Å². The summed E-state index contributed by atoms with van der Waals surface area (Å²) in [7, 11) is 1.98. The van der Waals surface area contributed by atoms with Crippen LogP contribution < -0.4 is 20.1 Å². The molecule has 2 bridgehead atoms. The van der Waals surface area contributed by atoms with Crippen molar-refractivity contribution in [3.63, 3.8) is 0 Å². The van der Waals surface area contributed by atoms with Crippen LogP contribution in [0.2, 0.25) is 0 Å². The van der Waals surface area contributed by atoms with Gasteiger partial charge < -0.3 is 35.4 Å². The van der Waals surface area contributed by atoms with Crippen LogP contribution in [0.1, 0.15) is 77.7 Å². The summed E-state index contributed by atoms with van der Waals surface area (Å²) in [6, 6.07) is -0.109. The fourth-order valence-corrected chi connectivity index (χ4v) is 7.67. The van der Waals surface area contributed by atoms with Crippen molar-refractivity contribution in [3.8, 4) is 23.0 Å². The number of rotatable bonds is 6. The largest absolute Gasteiger partial charge is 0.507 e. The molecule has 0 spiro atoms. The van der Waals surface area contributed by atoms with E-state index < -0.39 is 18.3 Å². The Morgan fingerprint density at radius 2 is 1.77 bits per heavy atom. The Labute approximate surface area is 251 Å². The van der Waals surface area contributed by atoms with E-state index in [2.05, 4.69) is 21.6 Å². The number of aromatic hydroxyl groups is 2. The van der Waals surface area contributed by atoms with E-state index in [9.17, 15) is 24.9 Å². The van der Waals surface area contributed by atoms with Gasteiger partial charge >= 0.3 is 0 Å². The Bertz CT molecular complexity index is 1490. The Morgan fingerprint density at radius 3 is 2.49 bits per heavy atom. The molecule has 4 aliphatic heterocycles. The molecule has 4 aliphatic rings. The smallest absolute Gasteiger partial charge is 0.242 e. The molecular weight excluding hydrogens is 552 g/mol. The molecule has 11 heteroatoms. The second-order valence-corrected chi connectivity index (χ2v) is 12.5. The van der Waals surface area contributed by atoms with E-state index in [0.29, 0.717) is 53.9 Å². The number of phenols is 2. The molecule has 0 aromatic heterocycles. The topological polar surface area (TPSA) is 144 Å². The number of benzene rings is 2. The standard InChI is InChI=1S/C32H42N4O7/c1-7-8-23(37)34-17(5)31(40)33-12-22-25-19(27(38)16(4)29-30(25)43-13-42-29)11-20-26-24-18(9-14(2)15(3)28(24)39)10-21(35(26)6)32(41)36(20)22/h9,17,20-22,26,32,38-39,41H,7-8,10-13H2,1-6H3,(H,33,40)(H,34,37)/t17-,20?,21-,22-,26-,32-/m0/s1. The zero-order valence-corrected chi connectivity index (χ0v) is 25.7. The minimum atomic E-state index is -0.915. The van der Waals surface area contributed by atoms with Crippen molar-refractivity contribution < 1.29 is 34.4 Å². The summed E-state index contributed by atoms with van der Waals surface area (Å²) >= 11 is 0. The van der Waals surface area contributed by atoms with Gasteiger partial charge in [-0.2, -0.15) is 0 Å². The molecule has 5 N–H and O–H groups in total. The Morgan fingerprint density at radius 1 is 1.05 bits per heavy atom. The number of ether oxygens (including phenoxy) is 2. The molecule has 11 nitrogen and oxygen atoms in total. The van der Waals surface area contributed by atoms with Crippen molar-refractivity contribution in [2.45, 2.75) is 96.7 Å². The van der Waals surface area contributed by atoms with Crippen molar-refractivity contribution in [1.82, 2.24) is 20.4 Å². The molecule has 2 aromatic rings. The van der Waals surface area contributed by atoms with Crippen molar-refractivity contribution in [3.05, 3.63) is 45.0 Å². The normalized spacial score (nSPS) is 26.3. The first-order valence-corrected chi connectivity index (χ1v) is 15.2. The second kappa shape index (κ2) is 10.9. The third-order valence-corrected chi connectivity index (χ3v) is 10.0. The summed E-state index contributed by atoms with van der Waals surface area (Å²) in [5.41, 5.74) is 5.63. The predicted molar refractivity (Wildman–Crippen MR) is 158 cm³/mol. The maximum atomic E-state index is 13.2. The number of carbonyl (C=O) groups excluding carboxylic acids is 2. The molecule has 1 saturated heterocycles. The molecule has 0 aliphatic carbocycles.